The molecule has 6 heteroatoms. The standard InChI is InChI=1S/C41H26N4O2/c1-2-4-30-23-36-24-32(5-7-34(36)21-29(30)3-1)31-6-8-35-25-39(18-13-33(35)22-31)45(37-14-9-27(10-15-37)40-42-19-20-46-40)38-16-11-28(12-17-38)41-44-43-26-47-41/h1-26H. The summed E-state index contributed by atoms with van der Waals surface area (Å²) in [5.74, 6) is 1.08. The molecule has 0 amide bonds. The largest absolute Gasteiger partial charge is 0.445 e. The van der Waals surface area contributed by atoms with Crippen molar-refractivity contribution in [3.8, 4) is 34.0 Å². The van der Waals surface area contributed by atoms with Gasteiger partial charge in [0.1, 0.15) is 6.26 Å². The fraction of sp³-hybridized carbons (Fsp3) is 0. The van der Waals surface area contributed by atoms with Crippen LogP contribution in [-0.2, 0) is 0 Å². The summed E-state index contributed by atoms with van der Waals surface area (Å²) in [5, 5.41) is 15.2. The molecule has 0 saturated carbocycles. The van der Waals surface area contributed by atoms with Crippen LogP contribution in [-0.4, -0.2) is 15.2 Å². The van der Waals surface area contributed by atoms with Gasteiger partial charge in [-0.05, 0) is 128 Å². The summed E-state index contributed by atoms with van der Waals surface area (Å²) in [6.45, 7) is 0. The van der Waals surface area contributed by atoms with Gasteiger partial charge < -0.3 is 13.7 Å². The molecule has 0 aliphatic carbocycles. The van der Waals surface area contributed by atoms with Crippen LogP contribution in [0.15, 0.2) is 167 Å². The van der Waals surface area contributed by atoms with E-state index in [0.29, 0.717) is 11.8 Å². The van der Waals surface area contributed by atoms with E-state index < -0.39 is 0 Å². The summed E-state index contributed by atoms with van der Waals surface area (Å²) in [5.41, 5.74) is 7.21. The fourth-order valence-corrected chi connectivity index (χ4v) is 6.29. The molecular formula is C41H26N4O2. The van der Waals surface area contributed by atoms with Crippen molar-refractivity contribution < 1.29 is 8.83 Å². The number of aromatic nitrogens is 3. The number of fused-ring (bicyclic) bond motifs is 3. The van der Waals surface area contributed by atoms with Gasteiger partial charge in [0, 0.05) is 28.2 Å². The second kappa shape index (κ2) is 11.1. The maximum atomic E-state index is 5.52. The maximum absolute atomic E-state index is 5.52. The monoisotopic (exact) mass is 606 g/mol. The quantitative estimate of drug-likeness (QED) is 0.175. The van der Waals surface area contributed by atoms with Crippen molar-refractivity contribution >= 4 is 49.4 Å². The first-order valence-electron chi connectivity index (χ1n) is 15.4. The first kappa shape index (κ1) is 26.8. The summed E-state index contributed by atoms with van der Waals surface area (Å²) in [6, 6.07) is 49.5. The minimum atomic E-state index is 0.486. The zero-order chi connectivity index (χ0) is 31.2. The molecule has 0 aliphatic rings. The Morgan fingerprint density at radius 2 is 0.957 bits per heavy atom. The molecule has 222 valence electrons. The zero-order valence-corrected chi connectivity index (χ0v) is 25.1. The molecule has 9 aromatic rings. The minimum absolute atomic E-state index is 0.486. The molecule has 9 rings (SSSR count). The number of hydrogen-bond donors (Lipinski definition) is 0. The molecule has 0 spiro atoms. The Balaban J connectivity index is 1.09. The number of rotatable bonds is 6. The van der Waals surface area contributed by atoms with Crippen LogP contribution in [0.3, 0.4) is 0 Å². The molecule has 0 bridgehead atoms. The van der Waals surface area contributed by atoms with Gasteiger partial charge in [0.05, 0.1) is 6.20 Å². The Morgan fingerprint density at radius 1 is 0.426 bits per heavy atom. The van der Waals surface area contributed by atoms with E-state index in [1.54, 1.807) is 12.5 Å². The Hall–Kier alpha value is -6.53. The number of anilines is 3. The van der Waals surface area contributed by atoms with Gasteiger partial charge in [0.2, 0.25) is 18.2 Å². The van der Waals surface area contributed by atoms with Crippen LogP contribution < -0.4 is 4.90 Å². The minimum Gasteiger partial charge on any atom is -0.445 e. The second-order valence-corrected chi connectivity index (χ2v) is 11.5. The summed E-state index contributed by atoms with van der Waals surface area (Å²) in [4.78, 5) is 6.54. The Bertz CT molecular complexity index is 2430. The molecule has 2 aromatic heterocycles. The molecule has 2 heterocycles. The third kappa shape index (κ3) is 4.98. The van der Waals surface area contributed by atoms with E-state index in [1.165, 1.54) is 44.5 Å². The van der Waals surface area contributed by atoms with Crippen LogP contribution in [0.1, 0.15) is 0 Å². The molecule has 0 atom stereocenters. The highest BCUT2D eigenvalue weighted by Crippen LogP contribution is 2.38. The van der Waals surface area contributed by atoms with Crippen molar-refractivity contribution in [2.24, 2.45) is 0 Å². The van der Waals surface area contributed by atoms with E-state index in [9.17, 15) is 0 Å². The fourth-order valence-electron chi connectivity index (χ4n) is 6.29. The lowest BCUT2D eigenvalue weighted by atomic mass is 9.97. The molecule has 7 aromatic carbocycles. The Morgan fingerprint density at radius 3 is 1.60 bits per heavy atom. The number of benzene rings is 7. The molecule has 0 radical (unpaired) electrons. The molecule has 0 unspecified atom stereocenters. The first-order valence-corrected chi connectivity index (χ1v) is 15.4. The highest BCUT2D eigenvalue weighted by molar-refractivity contribution is 6.00. The smallest absolute Gasteiger partial charge is 0.247 e. The highest BCUT2D eigenvalue weighted by atomic mass is 16.4. The molecular weight excluding hydrogens is 580 g/mol. The lowest BCUT2D eigenvalue weighted by molar-refractivity contribution is 0.568. The van der Waals surface area contributed by atoms with Crippen LogP contribution in [0.4, 0.5) is 17.1 Å². The van der Waals surface area contributed by atoms with Gasteiger partial charge in [-0.2, -0.15) is 0 Å². The number of nitrogens with zero attached hydrogens (tertiary/aromatic N) is 4. The van der Waals surface area contributed by atoms with E-state index in [0.717, 1.165) is 33.6 Å². The molecule has 0 aliphatic heterocycles. The Labute approximate surface area is 270 Å². The van der Waals surface area contributed by atoms with Gasteiger partial charge in [-0.25, -0.2) is 4.98 Å². The van der Waals surface area contributed by atoms with Gasteiger partial charge in [-0.1, -0.05) is 54.6 Å². The number of oxazole rings is 1. The van der Waals surface area contributed by atoms with Crippen LogP contribution >= 0.6 is 0 Å². The molecule has 0 fully saturated rings. The van der Waals surface area contributed by atoms with Crippen LogP contribution in [0.2, 0.25) is 0 Å². The second-order valence-electron chi connectivity index (χ2n) is 11.5. The summed E-state index contributed by atoms with van der Waals surface area (Å²) >= 11 is 0. The third-order valence-corrected chi connectivity index (χ3v) is 8.66. The third-order valence-electron chi connectivity index (χ3n) is 8.66. The predicted octanol–water partition coefficient (Wildman–Crippen LogP) is 11.0. The number of hydrogen-bond acceptors (Lipinski definition) is 6. The molecule has 6 nitrogen and oxygen atoms in total. The summed E-state index contributed by atoms with van der Waals surface area (Å²) in [7, 11) is 0. The topological polar surface area (TPSA) is 68.2 Å². The van der Waals surface area contributed by atoms with Crippen molar-refractivity contribution in [2.45, 2.75) is 0 Å². The van der Waals surface area contributed by atoms with Gasteiger partial charge in [0.25, 0.3) is 0 Å². The van der Waals surface area contributed by atoms with Crippen molar-refractivity contribution in [3.63, 3.8) is 0 Å². The highest BCUT2D eigenvalue weighted by Gasteiger charge is 2.15. The average Bonchev–Trinajstić information content (AvgIpc) is 3.87. The van der Waals surface area contributed by atoms with Crippen molar-refractivity contribution in [1.82, 2.24) is 15.2 Å². The average molecular weight is 607 g/mol. The van der Waals surface area contributed by atoms with Gasteiger partial charge >= 0.3 is 0 Å². The SMILES string of the molecule is c1ccc2cc3cc(-c4ccc5cc(N(c6ccc(-c7ncco7)cc6)c6ccc(-c7nnco7)cc6)ccc5c4)ccc3cc2c1. The van der Waals surface area contributed by atoms with Gasteiger partial charge in [-0.3, -0.25) is 0 Å². The van der Waals surface area contributed by atoms with Crippen LogP contribution in [0.25, 0.3) is 66.4 Å². The maximum Gasteiger partial charge on any atom is 0.247 e. The van der Waals surface area contributed by atoms with E-state index in [4.69, 9.17) is 8.83 Å². The summed E-state index contributed by atoms with van der Waals surface area (Å²) in [6.07, 6.45) is 4.58. The first-order chi connectivity index (χ1) is 23.2. The molecule has 0 saturated heterocycles. The van der Waals surface area contributed by atoms with E-state index in [2.05, 4.69) is 135 Å². The molecule has 47 heavy (non-hydrogen) atoms. The van der Waals surface area contributed by atoms with Crippen molar-refractivity contribution in [3.05, 3.63) is 158 Å². The van der Waals surface area contributed by atoms with Crippen LogP contribution in [0.5, 0.6) is 0 Å². The van der Waals surface area contributed by atoms with Crippen molar-refractivity contribution in [1.29, 1.82) is 0 Å². The lowest BCUT2D eigenvalue weighted by Gasteiger charge is -2.26. The Kier molecular flexibility index (Phi) is 6.35. The van der Waals surface area contributed by atoms with Gasteiger partial charge in [0.15, 0.2) is 0 Å². The van der Waals surface area contributed by atoms with E-state index >= 15 is 0 Å². The van der Waals surface area contributed by atoms with E-state index in [1.807, 2.05) is 24.3 Å². The van der Waals surface area contributed by atoms with Crippen LogP contribution in [0, 0.1) is 0 Å². The van der Waals surface area contributed by atoms with Gasteiger partial charge in [-0.15, -0.1) is 10.2 Å². The van der Waals surface area contributed by atoms with E-state index in [-0.39, 0.29) is 0 Å². The zero-order valence-electron chi connectivity index (χ0n) is 25.1. The molecule has 0 N–H and O–H groups in total. The van der Waals surface area contributed by atoms with Crippen molar-refractivity contribution in [2.75, 3.05) is 4.90 Å². The normalized spacial score (nSPS) is 11.4. The predicted molar refractivity (Wildman–Crippen MR) is 188 cm³/mol. The summed E-state index contributed by atoms with van der Waals surface area (Å²) < 4.78 is 10.9. The lowest BCUT2D eigenvalue weighted by Crippen LogP contribution is -2.09.